The van der Waals surface area contributed by atoms with Crippen molar-refractivity contribution in [2.75, 3.05) is 18.4 Å². The van der Waals surface area contributed by atoms with Crippen LogP contribution in [0.1, 0.15) is 30.1 Å². The number of rotatable bonds is 4. The molecule has 2 N–H and O–H groups in total. The smallest absolute Gasteiger partial charge is 0.231 e. The summed E-state index contributed by atoms with van der Waals surface area (Å²) in [6, 6.07) is 3.41. The molecule has 6 nitrogen and oxygen atoms in total. The van der Waals surface area contributed by atoms with E-state index in [0.29, 0.717) is 11.5 Å². The van der Waals surface area contributed by atoms with E-state index in [4.69, 9.17) is 0 Å². The zero-order valence-corrected chi connectivity index (χ0v) is 13.4. The van der Waals surface area contributed by atoms with Gasteiger partial charge in [-0.2, -0.15) is 10.1 Å². The van der Waals surface area contributed by atoms with E-state index in [1.54, 1.807) is 7.05 Å². The van der Waals surface area contributed by atoms with Crippen LogP contribution in [0, 0.1) is 11.6 Å². The molecule has 0 bridgehead atoms. The lowest BCUT2D eigenvalue weighted by Crippen LogP contribution is -2.27. The molecule has 2 heterocycles. The van der Waals surface area contributed by atoms with Gasteiger partial charge in [0.2, 0.25) is 11.9 Å². The van der Waals surface area contributed by atoms with Gasteiger partial charge in [0, 0.05) is 13.0 Å². The maximum Gasteiger partial charge on any atom is 0.231 e. The van der Waals surface area contributed by atoms with Crippen LogP contribution in [0.4, 0.5) is 14.7 Å². The van der Waals surface area contributed by atoms with Crippen molar-refractivity contribution in [3.8, 4) is 0 Å². The van der Waals surface area contributed by atoms with Crippen LogP contribution in [0.3, 0.4) is 0 Å². The van der Waals surface area contributed by atoms with Gasteiger partial charge in [-0.05, 0) is 43.6 Å². The van der Waals surface area contributed by atoms with Crippen molar-refractivity contribution in [2.45, 2.75) is 25.2 Å². The van der Waals surface area contributed by atoms with Gasteiger partial charge in [0.25, 0.3) is 0 Å². The summed E-state index contributed by atoms with van der Waals surface area (Å²) in [5.41, 5.74) is 0.396. The van der Waals surface area contributed by atoms with E-state index in [1.165, 1.54) is 10.7 Å². The number of hydrogen-bond donors (Lipinski definition) is 2. The fourth-order valence-electron chi connectivity index (χ4n) is 2.77. The Bertz CT molecular complexity index is 740. The first-order chi connectivity index (χ1) is 11.5. The average molecular weight is 335 g/mol. The number of benzene rings is 1. The largest absolute Gasteiger partial charge is 0.317 e. The number of piperidine rings is 1. The molecule has 1 aliphatic heterocycles. The van der Waals surface area contributed by atoms with Gasteiger partial charge in [-0.15, -0.1) is 0 Å². The van der Waals surface area contributed by atoms with E-state index >= 15 is 0 Å². The van der Waals surface area contributed by atoms with Crippen molar-refractivity contribution in [1.82, 2.24) is 20.1 Å². The maximum absolute atomic E-state index is 13.2. The summed E-state index contributed by atoms with van der Waals surface area (Å²) in [4.78, 5) is 16.5. The molecule has 0 radical (unpaired) electrons. The van der Waals surface area contributed by atoms with E-state index in [0.717, 1.165) is 43.9 Å². The summed E-state index contributed by atoms with van der Waals surface area (Å²) in [5.74, 6) is -0.882. The monoisotopic (exact) mass is 335 g/mol. The van der Waals surface area contributed by atoms with E-state index in [-0.39, 0.29) is 18.2 Å². The Balaban J connectivity index is 1.65. The van der Waals surface area contributed by atoms with Crippen molar-refractivity contribution in [3.05, 3.63) is 41.2 Å². The van der Waals surface area contributed by atoms with Gasteiger partial charge in [-0.1, -0.05) is 6.07 Å². The van der Waals surface area contributed by atoms with Gasteiger partial charge in [0.1, 0.15) is 0 Å². The van der Waals surface area contributed by atoms with Gasteiger partial charge < -0.3 is 5.32 Å². The van der Waals surface area contributed by atoms with Crippen LogP contribution in [0.5, 0.6) is 0 Å². The second kappa shape index (κ2) is 7.04. The molecule has 1 fully saturated rings. The summed E-state index contributed by atoms with van der Waals surface area (Å²) >= 11 is 0. The third-order valence-corrected chi connectivity index (χ3v) is 4.08. The van der Waals surface area contributed by atoms with E-state index in [2.05, 4.69) is 20.7 Å². The van der Waals surface area contributed by atoms with Gasteiger partial charge in [-0.25, -0.2) is 13.5 Å². The van der Waals surface area contributed by atoms with Crippen molar-refractivity contribution in [3.63, 3.8) is 0 Å². The first-order valence-electron chi connectivity index (χ1n) is 7.88. The highest BCUT2D eigenvalue weighted by Crippen LogP contribution is 2.23. The Morgan fingerprint density at radius 2 is 2.08 bits per heavy atom. The summed E-state index contributed by atoms with van der Waals surface area (Å²) in [7, 11) is 1.71. The molecule has 0 aliphatic carbocycles. The highest BCUT2D eigenvalue weighted by atomic mass is 19.2. The van der Waals surface area contributed by atoms with Gasteiger partial charge >= 0.3 is 0 Å². The maximum atomic E-state index is 13.2. The molecule has 1 aromatic carbocycles. The van der Waals surface area contributed by atoms with E-state index < -0.39 is 11.6 Å². The average Bonchev–Trinajstić information content (AvgIpc) is 2.93. The molecule has 24 heavy (non-hydrogen) atoms. The number of nitrogens with zero attached hydrogens (tertiary/aromatic N) is 3. The minimum Gasteiger partial charge on any atom is -0.317 e. The summed E-state index contributed by atoms with van der Waals surface area (Å²) < 4.78 is 27.6. The number of nitrogens with one attached hydrogen (secondary N) is 2. The van der Waals surface area contributed by atoms with Gasteiger partial charge in [-0.3, -0.25) is 10.1 Å². The molecule has 1 amide bonds. The third kappa shape index (κ3) is 3.76. The van der Waals surface area contributed by atoms with Crippen LogP contribution >= 0.6 is 0 Å². The predicted octanol–water partition coefficient (Wildman–Crippen LogP) is 1.74. The Kier molecular flexibility index (Phi) is 4.84. The van der Waals surface area contributed by atoms with Gasteiger partial charge in [0.15, 0.2) is 17.5 Å². The first-order valence-corrected chi connectivity index (χ1v) is 7.88. The fraction of sp³-hybridized carbons (Fsp3) is 0.438. The quantitative estimate of drug-likeness (QED) is 0.893. The Morgan fingerprint density at radius 1 is 1.33 bits per heavy atom. The molecule has 8 heteroatoms. The molecule has 0 spiro atoms. The number of halogens is 2. The van der Waals surface area contributed by atoms with Crippen molar-refractivity contribution < 1.29 is 13.6 Å². The number of carbonyl (C=O) groups excluding carboxylic acids is 1. The number of anilines is 1. The molecular weight excluding hydrogens is 316 g/mol. The number of aryl methyl sites for hydroxylation is 1. The third-order valence-electron chi connectivity index (χ3n) is 4.08. The minimum atomic E-state index is -0.966. The second-order valence-corrected chi connectivity index (χ2v) is 5.91. The number of amides is 1. The molecule has 1 aromatic heterocycles. The summed E-state index contributed by atoms with van der Waals surface area (Å²) in [6.45, 7) is 1.86. The van der Waals surface area contributed by atoms with Crippen LogP contribution in [0.25, 0.3) is 0 Å². The molecule has 0 saturated carbocycles. The number of carbonyl (C=O) groups is 1. The zero-order valence-electron chi connectivity index (χ0n) is 13.4. The molecule has 128 valence electrons. The standard InChI is InChI=1S/C16H19F2N5O/c1-23-16(21-15(22-23)11-4-6-19-7-5-11)20-14(24)9-10-2-3-12(17)13(18)8-10/h2-3,8,11,19H,4-7,9H2,1H3,(H,20,21,22,24). The fourth-order valence-corrected chi connectivity index (χ4v) is 2.77. The van der Waals surface area contributed by atoms with Crippen LogP contribution in [-0.4, -0.2) is 33.8 Å². The van der Waals surface area contributed by atoms with Crippen molar-refractivity contribution in [1.29, 1.82) is 0 Å². The summed E-state index contributed by atoms with van der Waals surface area (Å²) in [5, 5.41) is 10.3. The van der Waals surface area contributed by atoms with E-state index in [1.807, 2.05) is 0 Å². The lowest BCUT2D eigenvalue weighted by molar-refractivity contribution is -0.115. The SMILES string of the molecule is Cn1nc(C2CCNCC2)nc1NC(=O)Cc1ccc(F)c(F)c1. The molecule has 2 aromatic rings. The van der Waals surface area contributed by atoms with Crippen LogP contribution < -0.4 is 10.6 Å². The van der Waals surface area contributed by atoms with Crippen molar-refractivity contribution >= 4 is 11.9 Å². The lowest BCUT2D eigenvalue weighted by atomic mass is 9.98. The van der Waals surface area contributed by atoms with E-state index in [9.17, 15) is 13.6 Å². The number of aromatic nitrogens is 3. The predicted molar refractivity (Wildman–Crippen MR) is 84.5 cm³/mol. The molecule has 1 aliphatic rings. The molecule has 1 saturated heterocycles. The zero-order chi connectivity index (χ0) is 17.1. The summed E-state index contributed by atoms with van der Waals surface area (Å²) in [6.07, 6.45) is 1.87. The normalized spacial score (nSPS) is 15.5. The van der Waals surface area contributed by atoms with Crippen molar-refractivity contribution in [2.24, 2.45) is 7.05 Å². The Labute approximate surface area is 138 Å². The Hall–Kier alpha value is -2.35. The molecule has 0 atom stereocenters. The highest BCUT2D eigenvalue weighted by Gasteiger charge is 2.21. The lowest BCUT2D eigenvalue weighted by Gasteiger charge is -2.19. The number of hydrogen-bond acceptors (Lipinski definition) is 4. The minimum absolute atomic E-state index is 0.0628. The van der Waals surface area contributed by atoms with Crippen LogP contribution in [0.15, 0.2) is 18.2 Å². The molecular formula is C16H19F2N5O. The van der Waals surface area contributed by atoms with Gasteiger partial charge in [0.05, 0.1) is 6.42 Å². The highest BCUT2D eigenvalue weighted by molar-refractivity contribution is 5.90. The van der Waals surface area contributed by atoms with Crippen LogP contribution in [0.2, 0.25) is 0 Å². The molecule has 3 rings (SSSR count). The first kappa shape index (κ1) is 16.5. The Morgan fingerprint density at radius 3 is 2.79 bits per heavy atom. The van der Waals surface area contributed by atoms with Crippen LogP contribution in [-0.2, 0) is 18.3 Å². The molecule has 0 unspecified atom stereocenters. The topological polar surface area (TPSA) is 71.8 Å². The second-order valence-electron chi connectivity index (χ2n) is 5.91.